The van der Waals surface area contributed by atoms with Crippen molar-refractivity contribution in [3.63, 3.8) is 0 Å². The quantitative estimate of drug-likeness (QED) is 0.489. The fraction of sp³-hybridized carbons (Fsp3) is 0.417. The van der Waals surface area contributed by atoms with E-state index in [1.807, 2.05) is 0 Å². The van der Waals surface area contributed by atoms with Crippen LogP contribution in [-0.2, 0) is 9.53 Å². The molecule has 112 valence electrons. The highest BCUT2D eigenvalue weighted by Gasteiger charge is 2.19. The summed E-state index contributed by atoms with van der Waals surface area (Å²) in [6, 6.07) is 3.71. The maximum atomic E-state index is 11.3. The van der Waals surface area contributed by atoms with E-state index in [9.17, 15) is 14.9 Å². The number of nitrogens with zero attached hydrogens (tertiary/aromatic N) is 1. The molecule has 1 atom stereocenters. The van der Waals surface area contributed by atoms with E-state index in [2.05, 4.69) is 0 Å². The molecule has 7 nitrogen and oxygen atoms in total. The molecule has 0 saturated carbocycles. The Balaban J connectivity index is 0.00000361. The van der Waals surface area contributed by atoms with Gasteiger partial charge in [0.25, 0.3) is 0 Å². The topological polar surface area (TPSA) is 105 Å². The summed E-state index contributed by atoms with van der Waals surface area (Å²) in [6.07, 6.45) is -0.0304. The van der Waals surface area contributed by atoms with E-state index in [-0.39, 0.29) is 36.9 Å². The molecule has 0 bridgehead atoms. The van der Waals surface area contributed by atoms with Gasteiger partial charge in [-0.1, -0.05) is 6.07 Å². The summed E-state index contributed by atoms with van der Waals surface area (Å²) >= 11 is 0. The normalized spacial score (nSPS) is 11.2. The van der Waals surface area contributed by atoms with Crippen LogP contribution < -0.4 is 10.5 Å². The summed E-state index contributed by atoms with van der Waals surface area (Å²) in [5, 5.41) is 10.9. The molecule has 0 amide bonds. The van der Waals surface area contributed by atoms with E-state index in [1.54, 1.807) is 13.0 Å². The molecule has 0 fully saturated rings. The number of benzene rings is 1. The predicted molar refractivity (Wildman–Crippen MR) is 75.1 cm³/mol. The number of ether oxygens (including phenoxy) is 2. The fourth-order valence-electron chi connectivity index (χ4n) is 1.60. The summed E-state index contributed by atoms with van der Waals surface area (Å²) in [6.45, 7) is 1.97. The van der Waals surface area contributed by atoms with Crippen LogP contribution in [0.25, 0.3) is 0 Å². The molecule has 0 saturated heterocycles. The van der Waals surface area contributed by atoms with Gasteiger partial charge in [0.1, 0.15) is 0 Å². The number of halogens is 1. The second-order valence-electron chi connectivity index (χ2n) is 3.80. The lowest BCUT2D eigenvalue weighted by Crippen LogP contribution is -2.17. The average molecular weight is 305 g/mol. The van der Waals surface area contributed by atoms with Crippen molar-refractivity contribution in [2.45, 2.75) is 19.4 Å². The first kappa shape index (κ1) is 18.1. The second-order valence-corrected chi connectivity index (χ2v) is 3.80. The second kappa shape index (κ2) is 8.34. The summed E-state index contributed by atoms with van der Waals surface area (Å²) in [4.78, 5) is 21.6. The van der Waals surface area contributed by atoms with Crippen LogP contribution in [0.3, 0.4) is 0 Å². The molecule has 2 N–H and O–H groups in total. The molecule has 0 radical (unpaired) electrons. The zero-order valence-corrected chi connectivity index (χ0v) is 12.0. The van der Waals surface area contributed by atoms with E-state index in [0.29, 0.717) is 5.56 Å². The molecule has 0 aliphatic heterocycles. The Morgan fingerprint density at radius 3 is 2.65 bits per heavy atom. The van der Waals surface area contributed by atoms with E-state index < -0.39 is 16.9 Å². The Labute approximate surface area is 122 Å². The Morgan fingerprint density at radius 2 is 2.15 bits per heavy atom. The number of carbonyl (C=O) groups is 1. The summed E-state index contributed by atoms with van der Waals surface area (Å²) < 4.78 is 9.67. The van der Waals surface area contributed by atoms with Crippen molar-refractivity contribution >= 4 is 24.1 Å². The average Bonchev–Trinajstić information content (AvgIpc) is 2.37. The summed E-state index contributed by atoms with van der Waals surface area (Å²) in [5.74, 6) is -0.287. The van der Waals surface area contributed by atoms with Crippen LogP contribution in [-0.4, -0.2) is 24.6 Å². The van der Waals surface area contributed by atoms with E-state index in [0.717, 1.165) is 0 Å². The van der Waals surface area contributed by atoms with Gasteiger partial charge in [0, 0.05) is 12.1 Å². The largest absolute Gasteiger partial charge is 0.490 e. The number of nitro groups is 1. The first-order valence-corrected chi connectivity index (χ1v) is 5.73. The van der Waals surface area contributed by atoms with Crippen molar-refractivity contribution in [2.75, 3.05) is 13.7 Å². The van der Waals surface area contributed by atoms with Crippen LogP contribution in [0.5, 0.6) is 5.75 Å². The predicted octanol–water partition coefficient (Wildman–Crippen LogP) is 1.98. The van der Waals surface area contributed by atoms with Gasteiger partial charge in [0.2, 0.25) is 0 Å². The van der Waals surface area contributed by atoms with Crippen LogP contribution >= 0.6 is 12.4 Å². The Bertz CT molecular complexity index is 481. The van der Waals surface area contributed by atoms with Gasteiger partial charge in [-0.3, -0.25) is 14.9 Å². The van der Waals surface area contributed by atoms with Gasteiger partial charge in [-0.25, -0.2) is 0 Å². The van der Waals surface area contributed by atoms with E-state index in [1.165, 1.54) is 19.2 Å². The standard InChI is InChI=1S/C12H16N2O5.ClH/c1-3-19-12(15)7-9(13)8-4-5-11(18-2)10(6-8)14(16)17;/h4-6,9H,3,7,13H2,1-2H3;1H/t9-;/m0./s1. The third-order valence-electron chi connectivity index (χ3n) is 2.52. The number of hydrogen-bond donors (Lipinski definition) is 1. The van der Waals surface area contributed by atoms with Gasteiger partial charge in [0.05, 0.1) is 25.1 Å². The maximum Gasteiger partial charge on any atom is 0.311 e. The summed E-state index contributed by atoms with van der Waals surface area (Å²) in [7, 11) is 1.35. The molecule has 1 aromatic carbocycles. The number of rotatable bonds is 6. The number of carbonyl (C=O) groups excluding carboxylic acids is 1. The molecule has 0 aliphatic carbocycles. The first-order chi connectivity index (χ1) is 8.99. The number of nitro benzene ring substituents is 1. The zero-order valence-electron chi connectivity index (χ0n) is 11.2. The van der Waals surface area contributed by atoms with Crippen molar-refractivity contribution in [1.29, 1.82) is 0 Å². The summed E-state index contributed by atoms with van der Waals surface area (Å²) in [5.41, 5.74) is 6.13. The Morgan fingerprint density at radius 1 is 1.50 bits per heavy atom. The molecule has 8 heteroatoms. The van der Waals surface area contributed by atoms with Crippen LogP contribution in [0, 0.1) is 10.1 Å². The lowest BCUT2D eigenvalue weighted by Gasteiger charge is -2.12. The molecule has 0 spiro atoms. The van der Waals surface area contributed by atoms with Gasteiger partial charge < -0.3 is 15.2 Å². The molecule has 20 heavy (non-hydrogen) atoms. The van der Waals surface area contributed by atoms with E-state index >= 15 is 0 Å². The van der Waals surface area contributed by atoms with E-state index in [4.69, 9.17) is 15.2 Å². The number of esters is 1. The molecule has 1 aromatic rings. The highest BCUT2D eigenvalue weighted by Crippen LogP contribution is 2.30. The monoisotopic (exact) mass is 304 g/mol. The van der Waals surface area contributed by atoms with Crippen LogP contribution in [0.2, 0.25) is 0 Å². The lowest BCUT2D eigenvalue weighted by molar-refractivity contribution is -0.385. The number of nitrogens with two attached hydrogens (primary N) is 1. The van der Waals surface area contributed by atoms with Crippen LogP contribution in [0.1, 0.15) is 24.9 Å². The molecular formula is C12H17ClN2O5. The Hall–Kier alpha value is -1.86. The molecular weight excluding hydrogens is 288 g/mol. The third-order valence-corrected chi connectivity index (χ3v) is 2.52. The minimum Gasteiger partial charge on any atom is -0.490 e. The van der Waals surface area contributed by atoms with Crippen LogP contribution in [0.15, 0.2) is 18.2 Å². The molecule has 0 aliphatic rings. The highest BCUT2D eigenvalue weighted by atomic mass is 35.5. The van der Waals surface area contributed by atoms with Gasteiger partial charge in [-0.15, -0.1) is 12.4 Å². The van der Waals surface area contributed by atoms with Gasteiger partial charge >= 0.3 is 11.7 Å². The smallest absolute Gasteiger partial charge is 0.311 e. The van der Waals surface area contributed by atoms with Crippen molar-refractivity contribution in [1.82, 2.24) is 0 Å². The minimum atomic E-state index is -0.649. The molecule has 0 heterocycles. The van der Waals surface area contributed by atoms with Crippen molar-refractivity contribution in [3.05, 3.63) is 33.9 Å². The van der Waals surface area contributed by atoms with Gasteiger partial charge in [0.15, 0.2) is 5.75 Å². The van der Waals surface area contributed by atoms with Crippen molar-refractivity contribution in [3.8, 4) is 5.75 Å². The minimum absolute atomic E-state index is 0. The van der Waals surface area contributed by atoms with Crippen molar-refractivity contribution < 1.29 is 19.2 Å². The third kappa shape index (κ3) is 4.67. The van der Waals surface area contributed by atoms with Gasteiger partial charge in [-0.05, 0) is 18.6 Å². The fourth-order valence-corrected chi connectivity index (χ4v) is 1.60. The lowest BCUT2D eigenvalue weighted by atomic mass is 10.0. The molecule has 0 unspecified atom stereocenters. The number of methoxy groups -OCH3 is 1. The Kier molecular flexibility index (Phi) is 7.56. The first-order valence-electron chi connectivity index (χ1n) is 5.73. The molecule has 0 aromatic heterocycles. The van der Waals surface area contributed by atoms with Crippen molar-refractivity contribution in [2.24, 2.45) is 5.73 Å². The number of hydrogen-bond acceptors (Lipinski definition) is 6. The zero-order chi connectivity index (χ0) is 14.4. The SMILES string of the molecule is CCOC(=O)C[C@H](N)c1ccc(OC)c([N+](=O)[O-])c1.Cl. The van der Waals surface area contributed by atoms with Crippen LogP contribution in [0.4, 0.5) is 5.69 Å². The highest BCUT2D eigenvalue weighted by molar-refractivity contribution is 5.85. The maximum absolute atomic E-state index is 11.3. The van der Waals surface area contributed by atoms with Gasteiger partial charge in [-0.2, -0.15) is 0 Å². The molecule has 1 rings (SSSR count).